The highest BCUT2D eigenvalue weighted by Crippen LogP contribution is 2.50. The fourth-order valence-electron chi connectivity index (χ4n) is 3.98. The fraction of sp³-hybridized carbons (Fsp3) is 0.0833. The Labute approximate surface area is 157 Å². The van der Waals surface area contributed by atoms with Crippen molar-refractivity contribution in [2.24, 2.45) is 0 Å². The lowest BCUT2D eigenvalue weighted by Crippen LogP contribution is -1.87. The standard InChI is InChI=1S/C24H19NS/c1-3-16-20(4-2)26-21-12-8-7-11-18(21)22-19-14-13-15-9-5-6-10-17(15)23(19)25-24(16)22/h3-14,25H,1-2H3/b16-3+,20-4+. The molecule has 5 rings (SSSR count). The molecule has 0 fully saturated rings. The lowest BCUT2D eigenvalue weighted by Gasteiger charge is -2.08. The normalized spacial score (nSPS) is 16.8. The van der Waals surface area contributed by atoms with E-state index in [4.69, 9.17) is 0 Å². The van der Waals surface area contributed by atoms with Crippen molar-refractivity contribution in [3.63, 3.8) is 0 Å². The van der Waals surface area contributed by atoms with Crippen LogP contribution < -0.4 is 0 Å². The zero-order valence-corrected chi connectivity index (χ0v) is 15.7. The van der Waals surface area contributed by atoms with E-state index in [0.717, 1.165) is 0 Å². The molecule has 1 aliphatic heterocycles. The fourth-order valence-corrected chi connectivity index (χ4v) is 5.09. The molecule has 0 saturated heterocycles. The van der Waals surface area contributed by atoms with Gasteiger partial charge in [-0.2, -0.15) is 0 Å². The van der Waals surface area contributed by atoms with Crippen LogP contribution in [0.5, 0.6) is 0 Å². The van der Waals surface area contributed by atoms with Gasteiger partial charge >= 0.3 is 0 Å². The van der Waals surface area contributed by atoms with Crippen molar-refractivity contribution in [1.82, 2.24) is 4.98 Å². The first-order valence-corrected chi connectivity index (χ1v) is 9.77. The third-order valence-corrected chi connectivity index (χ3v) is 6.41. The number of rotatable bonds is 0. The summed E-state index contributed by atoms with van der Waals surface area (Å²) in [5, 5.41) is 3.84. The van der Waals surface area contributed by atoms with Crippen molar-refractivity contribution in [3.05, 3.63) is 83.4 Å². The largest absolute Gasteiger partial charge is 0.353 e. The first kappa shape index (κ1) is 15.5. The van der Waals surface area contributed by atoms with E-state index in [0.29, 0.717) is 0 Å². The number of nitrogens with one attached hydrogen (secondary N) is 1. The minimum Gasteiger partial charge on any atom is -0.353 e. The number of aromatic nitrogens is 1. The third-order valence-electron chi connectivity index (χ3n) is 5.16. The second kappa shape index (κ2) is 5.93. The van der Waals surface area contributed by atoms with Crippen molar-refractivity contribution in [2.45, 2.75) is 18.7 Å². The molecule has 1 aliphatic rings. The molecule has 0 bridgehead atoms. The van der Waals surface area contributed by atoms with Crippen LogP contribution in [0.4, 0.5) is 0 Å². The first-order valence-electron chi connectivity index (χ1n) is 8.96. The molecule has 2 heterocycles. The molecule has 0 spiro atoms. The number of allylic oxidation sites excluding steroid dienone is 3. The number of hydrogen-bond donors (Lipinski definition) is 1. The molecule has 0 aliphatic carbocycles. The highest BCUT2D eigenvalue weighted by molar-refractivity contribution is 8.03. The molecule has 4 aromatic rings. The van der Waals surface area contributed by atoms with Crippen molar-refractivity contribution < 1.29 is 0 Å². The van der Waals surface area contributed by atoms with Crippen LogP contribution in [0.25, 0.3) is 38.4 Å². The molecule has 1 nitrogen and oxygen atoms in total. The van der Waals surface area contributed by atoms with E-state index >= 15 is 0 Å². The molecule has 0 amide bonds. The average molecular weight is 353 g/mol. The predicted octanol–water partition coefficient (Wildman–Crippen LogP) is 7.40. The van der Waals surface area contributed by atoms with Gasteiger partial charge in [-0.3, -0.25) is 0 Å². The van der Waals surface area contributed by atoms with Crippen LogP contribution in [-0.4, -0.2) is 4.98 Å². The summed E-state index contributed by atoms with van der Waals surface area (Å²) in [6.45, 7) is 4.25. The predicted molar refractivity (Wildman–Crippen MR) is 115 cm³/mol. The first-order chi connectivity index (χ1) is 12.8. The van der Waals surface area contributed by atoms with Gasteiger partial charge in [-0.05, 0) is 30.9 Å². The number of H-pyrrole nitrogens is 1. The number of fused-ring (bicyclic) bond motifs is 7. The second-order valence-corrected chi connectivity index (χ2v) is 7.62. The van der Waals surface area contributed by atoms with Crippen LogP contribution >= 0.6 is 11.8 Å². The summed E-state index contributed by atoms with van der Waals surface area (Å²) in [7, 11) is 0. The summed E-state index contributed by atoms with van der Waals surface area (Å²) < 4.78 is 0. The van der Waals surface area contributed by atoms with Gasteiger partial charge in [-0.1, -0.05) is 78.5 Å². The molecular weight excluding hydrogens is 334 g/mol. The van der Waals surface area contributed by atoms with E-state index < -0.39 is 0 Å². The van der Waals surface area contributed by atoms with Gasteiger partial charge in [0.15, 0.2) is 0 Å². The molecule has 1 aromatic heterocycles. The Balaban J connectivity index is 1.99. The highest BCUT2D eigenvalue weighted by atomic mass is 32.2. The lowest BCUT2D eigenvalue weighted by atomic mass is 9.97. The summed E-state index contributed by atoms with van der Waals surface area (Å²) in [6, 6.07) is 21.8. The van der Waals surface area contributed by atoms with Gasteiger partial charge in [0.2, 0.25) is 0 Å². The van der Waals surface area contributed by atoms with Crippen molar-refractivity contribution >= 4 is 39.0 Å². The SMILES string of the molecule is C/C=C1\C(=C/C)Sc2ccccc2-c2c1[nH]c1c2ccc2ccccc21. The van der Waals surface area contributed by atoms with Gasteiger partial charge in [0.05, 0.1) is 11.2 Å². The van der Waals surface area contributed by atoms with Gasteiger partial charge in [-0.15, -0.1) is 0 Å². The van der Waals surface area contributed by atoms with Crippen LogP contribution in [0.1, 0.15) is 19.5 Å². The molecule has 0 saturated carbocycles. The monoisotopic (exact) mass is 353 g/mol. The maximum absolute atomic E-state index is 3.78. The number of benzene rings is 3. The van der Waals surface area contributed by atoms with Crippen molar-refractivity contribution in [2.75, 3.05) is 0 Å². The Morgan fingerprint density at radius 1 is 0.808 bits per heavy atom. The Bertz CT molecular complexity index is 1220. The van der Waals surface area contributed by atoms with E-state index in [9.17, 15) is 0 Å². The van der Waals surface area contributed by atoms with E-state index in [2.05, 4.69) is 91.6 Å². The van der Waals surface area contributed by atoms with E-state index in [1.165, 1.54) is 53.9 Å². The summed E-state index contributed by atoms with van der Waals surface area (Å²) in [5.41, 5.74) is 6.36. The molecule has 126 valence electrons. The zero-order valence-electron chi connectivity index (χ0n) is 14.8. The maximum Gasteiger partial charge on any atom is 0.0553 e. The van der Waals surface area contributed by atoms with Crippen LogP contribution in [0, 0.1) is 0 Å². The van der Waals surface area contributed by atoms with Crippen LogP contribution in [0.3, 0.4) is 0 Å². The minimum atomic E-state index is 1.23. The van der Waals surface area contributed by atoms with Gasteiger partial charge in [0, 0.05) is 31.7 Å². The summed E-state index contributed by atoms with van der Waals surface area (Å²) in [5.74, 6) is 0. The van der Waals surface area contributed by atoms with Crippen LogP contribution in [-0.2, 0) is 0 Å². The molecule has 0 radical (unpaired) electrons. The van der Waals surface area contributed by atoms with Crippen LogP contribution in [0.2, 0.25) is 0 Å². The van der Waals surface area contributed by atoms with Gasteiger partial charge < -0.3 is 4.98 Å². The third kappa shape index (κ3) is 2.12. The van der Waals surface area contributed by atoms with Gasteiger partial charge in [-0.25, -0.2) is 0 Å². The zero-order chi connectivity index (χ0) is 17.7. The lowest BCUT2D eigenvalue weighted by molar-refractivity contribution is 1.39. The second-order valence-electron chi connectivity index (χ2n) is 6.54. The van der Waals surface area contributed by atoms with E-state index in [1.807, 2.05) is 11.8 Å². The Kier molecular flexibility index (Phi) is 3.54. The number of hydrogen-bond acceptors (Lipinski definition) is 1. The molecule has 0 atom stereocenters. The quantitative estimate of drug-likeness (QED) is 0.348. The molecule has 0 unspecified atom stereocenters. The Morgan fingerprint density at radius 2 is 1.62 bits per heavy atom. The summed E-state index contributed by atoms with van der Waals surface area (Å²) in [6.07, 6.45) is 4.44. The smallest absolute Gasteiger partial charge is 0.0553 e. The Morgan fingerprint density at radius 3 is 2.46 bits per heavy atom. The maximum atomic E-state index is 3.78. The molecule has 2 heteroatoms. The molecule has 26 heavy (non-hydrogen) atoms. The van der Waals surface area contributed by atoms with E-state index in [1.54, 1.807) is 0 Å². The van der Waals surface area contributed by atoms with Crippen molar-refractivity contribution in [3.8, 4) is 11.1 Å². The summed E-state index contributed by atoms with van der Waals surface area (Å²) >= 11 is 1.86. The molecule has 3 aromatic carbocycles. The van der Waals surface area contributed by atoms with Gasteiger partial charge in [0.25, 0.3) is 0 Å². The van der Waals surface area contributed by atoms with Crippen LogP contribution in [0.15, 0.2) is 82.6 Å². The van der Waals surface area contributed by atoms with E-state index in [-0.39, 0.29) is 0 Å². The van der Waals surface area contributed by atoms with Crippen molar-refractivity contribution in [1.29, 1.82) is 0 Å². The van der Waals surface area contributed by atoms with Gasteiger partial charge in [0.1, 0.15) is 0 Å². The molecular formula is C24H19NS. The molecule has 1 N–H and O–H groups in total. The Hall–Kier alpha value is -2.71. The minimum absolute atomic E-state index is 1.23. The summed E-state index contributed by atoms with van der Waals surface area (Å²) in [4.78, 5) is 6.40. The average Bonchev–Trinajstić information content (AvgIpc) is 3.01. The number of thioether (sulfide) groups is 1. The highest BCUT2D eigenvalue weighted by Gasteiger charge is 2.25. The number of aromatic amines is 1. The topological polar surface area (TPSA) is 15.8 Å².